The van der Waals surface area contributed by atoms with Gasteiger partial charge in [0.05, 0.1) is 18.6 Å². The molecule has 8 nitrogen and oxygen atoms in total. The van der Waals surface area contributed by atoms with Crippen LogP contribution in [0.4, 0.5) is 0 Å². The fourth-order valence-electron chi connectivity index (χ4n) is 4.48. The normalized spacial score (nSPS) is 27.5. The molecule has 0 aromatic carbocycles. The molecule has 2 rings (SSSR count). The predicted octanol–water partition coefficient (Wildman–Crippen LogP) is 0.0578. The Morgan fingerprint density at radius 1 is 1.36 bits per heavy atom. The van der Waals surface area contributed by atoms with E-state index in [1.54, 1.807) is 11.8 Å². The molecular weight excluding hydrogens is 380 g/mol. The van der Waals surface area contributed by atoms with E-state index < -0.39 is 24.1 Å². The van der Waals surface area contributed by atoms with E-state index in [1.165, 1.54) is 0 Å². The van der Waals surface area contributed by atoms with Crippen LogP contribution in [-0.2, 0) is 14.4 Å². The fourth-order valence-corrected chi connectivity index (χ4v) is 4.95. The lowest BCUT2D eigenvalue weighted by molar-refractivity contribution is -0.143. The van der Waals surface area contributed by atoms with Crippen LogP contribution in [-0.4, -0.2) is 83.5 Å². The molecule has 0 aromatic heterocycles. The van der Waals surface area contributed by atoms with Gasteiger partial charge >= 0.3 is 5.97 Å². The average molecular weight is 415 g/mol. The van der Waals surface area contributed by atoms with E-state index in [4.69, 9.17) is 5.73 Å². The first kappa shape index (κ1) is 23.1. The second-order valence-corrected chi connectivity index (χ2v) is 8.62. The molecule has 0 unspecified atom stereocenters. The molecule has 2 aliphatic rings. The van der Waals surface area contributed by atoms with Gasteiger partial charge in [-0.25, -0.2) is 4.79 Å². The second-order valence-electron chi connectivity index (χ2n) is 7.64. The molecule has 0 spiro atoms. The molecule has 0 saturated carbocycles. The van der Waals surface area contributed by atoms with E-state index in [1.807, 2.05) is 18.1 Å². The molecule has 5 atom stereocenters. The smallest absolute Gasteiger partial charge is 0.326 e. The van der Waals surface area contributed by atoms with Crippen molar-refractivity contribution in [2.45, 2.75) is 63.2 Å². The maximum atomic E-state index is 13.1. The fraction of sp³-hybridized carbons (Fsp3) is 0.842. The highest BCUT2D eigenvalue weighted by Gasteiger charge is 2.46. The number of ketones is 1. The van der Waals surface area contributed by atoms with Crippen molar-refractivity contribution in [1.29, 1.82) is 0 Å². The van der Waals surface area contributed by atoms with Gasteiger partial charge in [-0.2, -0.15) is 11.8 Å². The third-order valence-electron chi connectivity index (χ3n) is 5.95. The van der Waals surface area contributed by atoms with Crippen molar-refractivity contribution in [2.75, 3.05) is 31.6 Å². The van der Waals surface area contributed by atoms with Crippen LogP contribution >= 0.6 is 11.8 Å². The van der Waals surface area contributed by atoms with Crippen LogP contribution in [0.5, 0.6) is 0 Å². The number of rotatable bonds is 11. The average Bonchev–Trinajstić information content (AvgIpc) is 3.35. The first-order chi connectivity index (χ1) is 13.4. The Labute approximate surface area is 171 Å². The first-order valence-electron chi connectivity index (χ1n) is 10.2. The number of thioether (sulfide) groups is 1. The molecule has 160 valence electrons. The predicted molar refractivity (Wildman–Crippen MR) is 110 cm³/mol. The van der Waals surface area contributed by atoms with Crippen molar-refractivity contribution in [3.05, 3.63) is 0 Å². The van der Waals surface area contributed by atoms with Gasteiger partial charge < -0.3 is 21.5 Å². The van der Waals surface area contributed by atoms with E-state index >= 15 is 0 Å². The van der Waals surface area contributed by atoms with Crippen LogP contribution in [0.2, 0.25) is 0 Å². The highest BCUT2D eigenvalue weighted by Crippen LogP contribution is 2.31. The van der Waals surface area contributed by atoms with Crippen molar-refractivity contribution in [2.24, 2.45) is 11.7 Å². The summed E-state index contributed by atoms with van der Waals surface area (Å²) in [7, 11) is 0. The Balaban J connectivity index is 2.21. The van der Waals surface area contributed by atoms with E-state index in [0.29, 0.717) is 18.7 Å². The number of carboxylic acid groups (broad SMARTS) is 1. The molecule has 5 N–H and O–H groups in total. The topological polar surface area (TPSA) is 125 Å². The van der Waals surface area contributed by atoms with Crippen LogP contribution < -0.4 is 16.4 Å². The van der Waals surface area contributed by atoms with Crippen molar-refractivity contribution in [3.63, 3.8) is 0 Å². The Hall–Kier alpha value is -1.16. The summed E-state index contributed by atoms with van der Waals surface area (Å²) in [5.74, 6) is -0.614. The lowest BCUT2D eigenvalue weighted by Gasteiger charge is -2.36. The molecule has 2 heterocycles. The van der Waals surface area contributed by atoms with Gasteiger partial charge in [-0.3, -0.25) is 14.5 Å². The number of hydrogen-bond donors (Lipinski definition) is 4. The number of carbonyl (C=O) groups is 3. The van der Waals surface area contributed by atoms with Gasteiger partial charge in [0.2, 0.25) is 5.91 Å². The highest BCUT2D eigenvalue weighted by molar-refractivity contribution is 7.98. The number of carbonyl (C=O) groups excluding carboxylic acids is 2. The minimum absolute atomic E-state index is 0.00582. The molecule has 2 fully saturated rings. The van der Waals surface area contributed by atoms with Crippen LogP contribution in [0, 0.1) is 5.92 Å². The summed E-state index contributed by atoms with van der Waals surface area (Å²) >= 11 is 1.55. The van der Waals surface area contributed by atoms with Gasteiger partial charge in [0.25, 0.3) is 0 Å². The van der Waals surface area contributed by atoms with E-state index in [2.05, 4.69) is 10.6 Å². The number of nitrogens with one attached hydrogen (secondary N) is 2. The number of hydrogen-bond acceptors (Lipinski definition) is 7. The number of likely N-dealkylation sites (tertiary alicyclic amines) is 1. The van der Waals surface area contributed by atoms with E-state index in [-0.39, 0.29) is 30.2 Å². The summed E-state index contributed by atoms with van der Waals surface area (Å²) in [5, 5.41) is 15.6. The van der Waals surface area contributed by atoms with Gasteiger partial charge in [-0.05, 0) is 50.2 Å². The Morgan fingerprint density at radius 3 is 2.64 bits per heavy atom. The molecule has 1 amide bonds. The molecule has 0 radical (unpaired) electrons. The number of carboxylic acids is 1. The number of nitrogens with zero attached hydrogens (tertiary/aromatic N) is 1. The SMILES string of the molecule is CC[C@H]1CCN([C@H](C(=O)CN)[C@@H]2CCCN2)[C@@H]1C(=O)N[C@@H](CCSC)C(=O)O. The zero-order chi connectivity index (χ0) is 20.7. The van der Waals surface area contributed by atoms with Crippen molar-refractivity contribution >= 4 is 29.4 Å². The summed E-state index contributed by atoms with van der Waals surface area (Å²) in [6.45, 7) is 3.48. The number of amides is 1. The highest BCUT2D eigenvalue weighted by atomic mass is 32.2. The van der Waals surface area contributed by atoms with E-state index in [0.717, 1.165) is 32.2 Å². The largest absolute Gasteiger partial charge is 0.480 e. The molecular formula is C19H34N4O4S. The lowest BCUT2D eigenvalue weighted by Crippen LogP contribution is -2.60. The standard InChI is InChI=1S/C19H34N4O4S/c1-3-12-6-9-23(17(15(24)11-20)13-5-4-8-21-13)16(12)18(25)22-14(19(26)27)7-10-28-2/h12-14,16-17,21H,3-11,20H2,1-2H3,(H,22,25)(H,26,27)/t12-,13-,14-,16-,17-/m0/s1. The molecule has 2 saturated heterocycles. The maximum Gasteiger partial charge on any atom is 0.326 e. The molecule has 0 bridgehead atoms. The first-order valence-corrected chi connectivity index (χ1v) is 11.6. The number of aliphatic carboxylic acids is 1. The summed E-state index contributed by atoms with van der Waals surface area (Å²) in [6, 6.07) is -1.85. The molecule has 0 aromatic rings. The summed E-state index contributed by atoms with van der Waals surface area (Å²) in [6.07, 6.45) is 5.78. The second kappa shape index (κ2) is 11.1. The van der Waals surface area contributed by atoms with E-state index in [9.17, 15) is 19.5 Å². The van der Waals surface area contributed by atoms with Crippen LogP contribution in [0.3, 0.4) is 0 Å². The monoisotopic (exact) mass is 414 g/mol. The zero-order valence-electron chi connectivity index (χ0n) is 16.9. The molecule has 28 heavy (non-hydrogen) atoms. The van der Waals surface area contributed by atoms with Gasteiger partial charge in [0.15, 0.2) is 5.78 Å². The molecule has 9 heteroatoms. The number of Topliss-reactive ketones (excluding diaryl/α,β-unsaturated/α-hetero) is 1. The van der Waals surface area contributed by atoms with Gasteiger partial charge in [-0.15, -0.1) is 0 Å². The number of nitrogens with two attached hydrogens (primary N) is 1. The minimum atomic E-state index is -1.02. The maximum absolute atomic E-state index is 13.1. The quantitative estimate of drug-likeness (QED) is 0.374. The van der Waals surface area contributed by atoms with Gasteiger partial charge in [0.1, 0.15) is 6.04 Å². The third-order valence-corrected chi connectivity index (χ3v) is 6.59. The van der Waals surface area contributed by atoms with Crippen molar-refractivity contribution < 1.29 is 19.5 Å². The summed E-state index contributed by atoms with van der Waals surface area (Å²) in [4.78, 5) is 39.4. The van der Waals surface area contributed by atoms with Crippen LogP contribution in [0.1, 0.15) is 39.0 Å². The lowest BCUT2D eigenvalue weighted by atomic mass is 9.93. The Bertz CT molecular complexity index is 556. The summed E-state index contributed by atoms with van der Waals surface area (Å²) in [5.41, 5.74) is 5.69. The molecule has 0 aliphatic carbocycles. The van der Waals surface area contributed by atoms with Crippen molar-refractivity contribution in [3.8, 4) is 0 Å². The third kappa shape index (κ3) is 5.46. The Kier molecular flexibility index (Phi) is 9.20. The Morgan fingerprint density at radius 2 is 2.11 bits per heavy atom. The van der Waals surface area contributed by atoms with Gasteiger partial charge in [-0.1, -0.05) is 13.3 Å². The minimum Gasteiger partial charge on any atom is -0.480 e. The van der Waals surface area contributed by atoms with Gasteiger partial charge in [0, 0.05) is 12.6 Å². The summed E-state index contributed by atoms with van der Waals surface area (Å²) < 4.78 is 0. The zero-order valence-corrected chi connectivity index (χ0v) is 17.7. The van der Waals surface area contributed by atoms with Crippen LogP contribution in [0.25, 0.3) is 0 Å². The molecule has 2 aliphatic heterocycles. The van der Waals surface area contributed by atoms with Crippen LogP contribution in [0.15, 0.2) is 0 Å². The van der Waals surface area contributed by atoms with Crippen molar-refractivity contribution in [1.82, 2.24) is 15.5 Å².